The van der Waals surface area contributed by atoms with Crippen molar-refractivity contribution in [1.29, 1.82) is 0 Å². The van der Waals surface area contributed by atoms with Crippen LogP contribution in [-0.2, 0) is 4.79 Å². The van der Waals surface area contributed by atoms with Gasteiger partial charge in [-0.2, -0.15) is 0 Å². The Morgan fingerprint density at radius 3 is 2.75 bits per heavy atom. The molecule has 2 amide bonds. The molecule has 0 saturated carbocycles. The molecular weight excluding hydrogens is 328 g/mol. The lowest BCUT2D eigenvalue weighted by atomic mass is 10.1. The maximum atomic E-state index is 12.0. The maximum Gasteiger partial charge on any atom is 0.261 e. The summed E-state index contributed by atoms with van der Waals surface area (Å²) >= 11 is 1.40. The summed E-state index contributed by atoms with van der Waals surface area (Å²) in [5.41, 5.74) is 0.910. The van der Waals surface area contributed by atoms with Crippen LogP contribution in [0.5, 0.6) is 11.5 Å². The van der Waals surface area contributed by atoms with Gasteiger partial charge in [0.25, 0.3) is 5.91 Å². The monoisotopic (exact) mass is 346 g/mol. The molecule has 2 heterocycles. The molecule has 1 unspecified atom stereocenters. The van der Waals surface area contributed by atoms with Gasteiger partial charge in [-0.05, 0) is 43.7 Å². The molecule has 7 heteroatoms. The Balaban J connectivity index is 1.52. The normalized spacial score (nSPS) is 13.4. The van der Waals surface area contributed by atoms with Crippen molar-refractivity contribution in [3.63, 3.8) is 0 Å². The first-order chi connectivity index (χ1) is 11.5. The Morgan fingerprint density at radius 2 is 2.00 bits per heavy atom. The van der Waals surface area contributed by atoms with E-state index in [4.69, 9.17) is 9.47 Å². The largest absolute Gasteiger partial charge is 0.454 e. The lowest BCUT2D eigenvalue weighted by molar-refractivity contribution is -0.120. The molecule has 0 aliphatic carbocycles. The van der Waals surface area contributed by atoms with Crippen molar-refractivity contribution < 1.29 is 19.1 Å². The van der Waals surface area contributed by atoms with Crippen molar-refractivity contribution in [2.24, 2.45) is 0 Å². The minimum absolute atomic E-state index is 0.0648. The summed E-state index contributed by atoms with van der Waals surface area (Å²) in [7, 11) is 0. The summed E-state index contributed by atoms with van der Waals surface area (Å²) < 4.78 is 10.6. The standard InChI is InChI=1S/C17H18N2O4S/c1-10-3-6-15(24-10)17(21)18-8-16(20)19-11(2)12-4-5-13-14(7-12)23-9-22-13/h3-7,11H,8-9H2,1-2H3,(H,18,21)(H,19,20). The van der Waals surface area contributed by atoms with Crippen molar-refractivity contribution in [3.8, 4) is 11.5 Å². The zero-order valence-corrected chi connectivity index (χ0v) is 14.2. The van der Waals surface area contributed by atoms with E-state index in [-0.39, 0.29) is 31.2 Å². The number of aryl methyl sites for hydroxylation is 1. The zero-order valence-electron chi connectivity index (χ0n) is 13.4. The van der Waals surface area contributed by atoms with Gasteiger partial charge >= 0.3 is 0 Å². The van der Waals surface area contributed by atoms with Gasteiger partial charge in [-0.15, -0.1) is 11.3 Å². The van der Waals surface area contributed by atoms with Gasteiger partial charge in [-0.3, -0.25) is 9.59 Å². The molecule has 24 heavy (non-hydrogen) atoms. The Bertz CT molecular complexity index is 772. The summed E-state index contributed by atoms with van der Waals surface area (Å²) in [6.45, 7) is 3.96. The SMILES string of the molecule is Cc1ccc(C(=O)NCC(=O)NC(C)c2ccc3c(c2)OCO3)s1. The maximum absolute atomic E-state index is 12.0. The lowest BCUT2D eigenvalue weighted by Gasteiger charge is -2.15. The molecule has 126 valence electrons. The van der Waals surface area contributed by atoms with Crippen molar-refractivity contribution in [3.05, 3.63) is 45.6 Å². The zero-order chi connectivity index (χ0) is 17.1. The van der Waals surface area contributed by atoms with Gasteiger partial charge in [-0.25, -0.2) is 0 Å². The molecule has 0 fully saturated rings. The van der Waals surface area contributed by atoms with Crippen LogP contribution in [0, 0.1) is 6.92 Å². The molecule has 6 nitrogen and oxygen atoms in total. The first-order valence-electron chi connectivity index (χ1n) is 7.56. The van der Waals surface area contributed by atoms with E-state index in [1.165, 1.54) is 11.3 Å². The van der Waals surface area contributed by atoms with Gasteiger partial charge in [-0.1, -0.05) is 6.07 Å². The minimum atomic E-state index is -0.248. The third-order valence-electron chi connectivity index (χ3n) is 3.65. The van der Waals surface area contributed by atoms with E-state index in [0.29, 0.717) is 16.4 Å². The van der Waals surface area contributed by atoms with Crippen molar-refractivity contribution in [1.82, 2.24) is 10.6 Å². The number of amides is 2. The van der Waals surface area contributed by atoms with E-state index in [2.05, 4.69) is 10.6 Å². The van der Waals surface area contributed by atoms with Crippen LogP contribution >= 0.6 is 11.3 Å². The number of hydrogen-bond donors (Lipinski definition) is 2. The summed E-state index contributed by atoms with van der Waals surface area (Å²) in [5.74, 6) is 0.895. The molecule has 0 saturated heterocycles. The average molecular weight is 346 g/mol. The Morgan fingerprint density at radius 1 is 1.21 bits per heavy atom. The van der Waals surface area contributed by atoms with Crippen molar-refractivity contribution in [2.75, 3.05) is 13.3 Å². The lowest BCUT2D eigenvalue weighted by Crippen LogP contribution is -2.37. The van der Waals surface area contributed by atoms with Gasteiger partial charge in [0.2, 0.25) is 12.7 Å². The molecule has 2 N–H and O–H groups in total. The van der Waals surface area contributed by atoms with Crippen LogP contribution < -0.4 is 20.1 Å². The van der Waals surface area contributed by atoms with Crippen LogP contribution in [-0.4, -0.2) is 25.2 Å². The van der Waals surface area contributed by atoms with Crippen LogP contribution in [0.15, 0.2) is 30.3 Å². The smallest absolute Gasteiger partial charge is 0.261 e. The molecule has 0 spiro atoms. The number of carbonyl (C=O) groups is 2. The van der Waals surface area contributed by atoms with Crippen LogP contribution in [0.2, 0.25) is 0 Å². The predicted molar refractivity (Wildman–Crippen MR) is 90.5 cm³/mol. The molecule has 1 atom stereocenters. The molecule has 0 bridgehead atoms. The Labute approximate surface area is 143 Å². The first-order valence-corrected chi connectivity index (χ1v) is 8.38. The highest BCUT2D eigenvalue weighted by Gasteiger charge is 2.17. The average Bonchev–Trinajstić information content (AvgIpc) is 3.20. The first kappa shape index (κ1) is 16.3. The second kappa shape index (κ2) is 6.92. The van der Waals surface area contributed by atoms with Gasteiger partial charge in [0.1, 0.15) is 0 Å². The second-order valence-corrected chi connectivity index (χ2v) is 6.78. The van der Waals surface area contributed by atoms with Gasteiger partial charge in [0, 0.05) is 4.88 Å². The van der Waals surface area contributed by atoms with E-state index in [1.54, 1.807) is 6.07 Å². The second-order valence-electron chi connectivity index (χ2n) is 5.49. The summed E-state index contributed by atoms with van der Waals surface area (Å²) in [5, 5.41) is 5.48. The van der Waals surface area contributed by atoms with Gasteiger partial charge in [0.05, 0.1) is 17.5 Å². The number of carbonyl (C=O) groups excluding carboxylic acids is 2. The van der Waals surface area contributed by atoms with E-state index < -0.39 is 0 Å². The number of hydrogen-bond acceptors (Lipinski definition) is 5. The Hall–Kier alpha value is -2.54. The Kier molecular flexibility index (Phi) is 4.71. The predicted octanol–water partition coefficient (Wildman–Crippen LogP) is 2.39. The van der Waals surface area contributed by atoms with Gasteiger partial charge < -0.3 is 20.1 Å². The van der Waals surface area contributed by atoms with Crippen molar-refractivity contribution in [2.45, 2.75) is 19.9 Å². The molecule has 1 aliphatic heterocycles. The van der Waals surface area contributed by atoms with Gasteiger partial charge in [0.15, 0.2) is 11.5 Å². The molecule has 0 radical (unpaired) electrons. The van der Waals surface area contributed by atoms with E-state index in [0.717, 1.165) is 10.4 Å². The van der Waals surface area contributed by atoms with Crippen LogP contribution in [0.3, 0.4) is 0 Å². The highest BCUT2D eigenvalue weighted by atomic mass is 32.1. The molecule has 3 rings (SSSR count). The highest BCUT2D eigenvalue weighted by molar-refractivity contribution is 7.13. The quantitative estimate of drug-likeness (QED) is 0.871. The van der Waals surface area contributed by atoms with E-state index >= 15 is 0 Å². The van der Waals surface area contributed by atoms with Crippen molar-refractivity contribution >= 4 is 23.2 Å². The summed E-state index contributed by atoms with van der Waals surface area (Å²) in [4.78, 5) is 25.6. The highest BCUT2D eigenvalue weighted by Crippen LogP contribution is 2.34. The number of ether oxygens (including phenoxy) is 2. The molecule has 1 aromatic carbocycles. The molecule has 2 aromatic rings. The number of fused-ring (bicyclic) bond motifs is 1. The van der Waals surface area contributed by atoms with E-state index in [1.807, 2.05) is 38.1 Å². The number of benzene rings is 1. The third kappa shape index (κ3) is 3.68. The molecule has 1 aliphatic rings. The topological polar surface area (TPSA) is 76.7 Å². The molecular formula is C17H18N2O4S. The number of nitrogens with one attached hydrogen (secondary N) is 2. The van der Waals surface area contributed by atoms with Crippen LogP contribution in [0.4, 0.5) is 0 Å². The fourth-order valence-electron chi connectivity index (χ4n) is 2.36. The van der Waals surface area contributed by atoms with Crippen LogP contribution in [0.25, 0.3) is 0 Å². The van der Waals surface area contributed by atoms with E-state index in [9.17, 15) is 9.59 Å². The summed E-state index contributed by atoms with van der Waals surface area (Å²) in [6, 6.07) is 8.98. The number of thiophene rings is 1. The number of rotatable bonds is 5. The minimum Gasteiger partial charge on any atom is -0.454 e. The fourth-order valence-corrected chi connectivity index (χ4v) is 3.15. The van der Waals surface area contributed by atoms with Crippen LogP contribution in [0.1, 0.15) is 33.1 Å². The third-order valence-corrected chi connectivity index (χ3v) is 4.65. The fraction of sp³-hybridized carbons (Fsp3) is 0.294. The molecule has 1 aromatic heterocycles. The summed E-state index contributed by atoms with van der Waals surface area (Å²) in [6.07, 6.45) is 0.